The zero-order valence-corrected chi connectivity index (χ0v) is 30.3. The summed E-state index contributed by atoms with van der Waals surface area (Å²) in [5.74, 6) is 1.15. The minimum absolute atomic E-state index is 0.0119. The number of hydrogen-bond donors (Lipinski definition) is 5. The van der Waals surface area contributed by atoms with Gasteiger partial charge in [0.15, 0.2) is 0 Å². The zero-order chi connectivity index (χ0) is 36.5. The van der Waals surface area contributed by atoms with Crippen molar-refractivity contribution in [2.45, 2.75) is 82.9 Å². The third kappa shape index (κ3) is 9.15. The second-order valence-corrected chi connectivity index (χ2v) is 14.6. The molecule has 1 aromatic heterocycles. The predicted molar refractivity (Wildman–Crippen MR) is 204 cm³/mol. The fourth-order valence-electron chi connectivity index (χ4n) is 8.17. The first-order valence-electron chi connectivity index (χ1n) is 19.1. The molecule has 3 aliphatic rings. The molecule has 1 unspecified atom stereocenters. The molecule has 10 heteroatoms. The molecule has 7 rings (SSSR count). The lowest BCUT2D eigenvalue weighted by atomic mass is 9.81. The molecule has 10 nitrogen and oxygen atoms in total. The van der Waals surface area contributed by atoms with E-state index in [4.69, 9.17) is 4.74 Å². The van der Waals surface area contributed by atoms with E-state index in [2.05, 4.69) is 34.3 Å². The minimum Gasteiger partial charge on any atom is -0.506 e. The highest BCUT2D eigenvalue weighted by molar-refractivity contribution is 5.87. The molecule has 52 heavy (non-hydrogen) atoms. The van der Waals surface area contributed by atoms with Crippen LogP contribution < -0.4 is 15.6 Å². The number of aromatic amines is 1. The van der Waals surface area contributed by atoms with Gasteiger partial charge in [-0.05, 0) is 105 Å². The van der Waals surface area contributed by atoms with Crippen LogP contribution in [0.15, 0.2) is 77.6 Å². The monoisotopic (exact) mass is 710 g/mol. The number of rotatable bonds is 18. The lowest BCUT2D eigenvalue weighted by Gasteiger charge is -2.50. The number of piperidine rings is 3. The van der Waals surface area contributed by atoms with Crippen LogP contribution in [0, 0.1) is 12.8 Å². The van der Waals surface area contributed by atoms with Crippen LogP contribution in [0.4, 0.5) is 4.79 Å². The van der Waals surface area contributed by atoms with Gasteiger partial charge in [-0.25, -0.2) is 4.79 Å². The number of aliphatic hydroxyl groups is 1. The zero-order valence-electron chi connectivity index (χ0n) is 30.3. The maximum Gasteiger partial charge on any atom is 0.408 e. The Hall–Kier alpha value is -4.38. The van der Waals surface area contributed by atoms with Gasteiger partial charge in [-0.3, -0.25) is 9.69 Å². The van der Waals surface area contributed by atoms with Crippen molar-refractivity contribution in [1.29, 1.82) is 0 Å². The summed E-state index contributed by atoms with van der Waals surface area (Å²) in [7, 11) is 0. The van der Waals surface area contributed by atoms with Crippen LogP contribution >= 0.6 is 0 Å². The van der Waals surface area contributed by atoms with Crippen molar-refractivity contribution in [3.05, 3.63) is 105 Å². The molecular weight excluding hydrogens is 656 g/mol. The summed E-state index contributed by atoms with van der Waals surface area (Å²) in [4.78, 5) is 31.5. The number of unbranched alkanes of at least 4 members (excludes halogenated alkanes) is 6. The van der Waals surface area contributed by atoms with Gasteiger partial charge >= 0.3 is 6.09 Å². The standard InChI is InChI=1S/C42H54N4O6/c1-29-12-7-8-15-33(29)41(46(42(50)51)36-28-45-23-20-30(36)21-24-45)31-13-11-14-32(26-31)52-25-10-6-4-2-3-5-9-22-43-27-38(48)34-16-18-37(47)40-35(34)17-19-39(49)44-40/h7-8,11-19,26,30,36,38,41,43,47-48H,2-6,9-10,20-25,27-28H2,1H3,(H,44,49)(H,50,51)/t36-,38-,41?/m0/s1. The van der Waals surface area contributed by atoms with Crippen molar-refractivity contribution >= 4 is 17.0 Å². The molecule has 3 aliphatic heterocycles. The van der Waals surface area contributed by atoms with Gasteiger partial charge in [-0.2, -0.15) is 0 Å². The maximum absolute atomic E-state index is 13.0. The topological polar surface area (TPSA) is 138 Å². The van der Waals surface area contributed by atoms with Crippen molar-refractivity contribution in [2.24, 2.45) is 5.92 Å². The number of pyridine rings is 1. The molecule has 4 heterocycles. The lowest BCUT2D eigenvalue weighted by molar-refractivity contribution is -0.000884. The van der Waals surface area contributed by atoms with Gasteiger partial charge < -0.3 is 35.3 Å². The van der Waals surface area contributed by atoms with Crippen molar-refractivity contribution in [3.8, 4) is 11.5 Å². The third-order valence-corrected chi connectivity index (χ3v) is 11.0. The second kappa shape index (κ2) is 17.9. The molecule has 3 atom stereocenters. The van der Waals surface area contributed by atoms with E-state index in [0.717, 1.165) is 100.0 Å². The number of ether oxygens (including phenoxy) is 1. The van der Waals surface area contributed by atoms with Gasteiger partial charge in [0.25, 0.3) is 0 Å². The molecule has 3 aromatic carbocycles. The summed E-state index contributed by atoms with van der Waals surface area (Å²) >= 11 is 0. The number of aromatic nitrogens is 1. The minimum atomic E-state index is -0.867. The van der Waals surface area contributed by atoms with Crippen molar-refractivity contribution < 1.29 is 24.9 Å². The largest absolute Gasteiger partial charge is 0.506 e. The number of phenolic OH excluding ortho intramolecular Hbond substituents is 1. The molecule has 3 saturated heterocycles. The molecule has 0 aliphatic carbocycles. The Bertz CT molecular complexity index is 1840. The number of amides is 1. The molecule has 0 spiro atoms. The van der Waals surface area contributed by atoms with Crippen LogP contribution in [0.1, 0.15) is 92.2 Å². The van der Waals surface area contributed by atoms with Crippen LogP contribution in [0.25, 0.3) is 10.9 Å². The Morgan fingerprint density at radius 3 is 2.42 bits per heavy atom. The van der Waals surface area contributed by atoms with Gasteiger partial charge in [0.2, 0.25) is 5.56 Å². The molecule has 2 bridgehead atoms. The SMILES string of the molecule is Cc1ccccc1C(c1cccc(OCCCCCCCCCNC[C@H](O)c2ccc(O)c3[nH]c(=O)ccc23)c1)N(C(=O)O)[C@H]1CN2CCC1CC2. The van der Waals surface area contributed by atoms with Crippen LogP contribution in [-0.2, 0) is 0 Å². The summed E-state index contributed by atoms with van der Waals surface area (Å²) in [5, 5.41) is 35.5. The second-order valence-electron chi connectivity index (χ2n) is 14.6. The Labute approximate surface area is 306 Å². The third-order valence-electron chi connectivity index (χ3n) is 11.0. The molecule has 5 N–H and O–H groups in total. The van der Waals surface area contributed by atoms with E-state index in [1.165, 1.54) is 18.6 Å². The van der Waals surface area contributed by atoms with Crippen LogP contribution in [-0.4, -0.2) is 81.6 Å². The van der Waals surface area contributed by atoms with E-state index in [1.54, 1.807) is 17.0 Å². The highest BCUT2D eigenvalue weighted by atomic mass is 16.5. The number of phenols is 1. The first-order chi connectivity index (χ1) is 25.3. The van der Waals surface area contributed by atoms with E-state index < -0.39 is 18.2 Å². The van der Waals surface area contributed by atoms with Gasteiger partial charge in [0.1, 0.15) is 11.5 Å². The molecule has 1 amide bonds. The van der Waals surface area contributed by atoms with Crippen molar-refractivity contribution in [2.75, 3.05) is 39.3 Å². The molecule has 3 fully saturated rings. The first-order valence-corrected chi connectivity index (χ1v) is 19.1. The normalized spacial score (nSPS) is 19.4. The molecule has 278 valence electrons. The number of nitrogens with zero attached hydrogens (tertiary/aromatic N) is 2. The fraction of sp³-hybridized carbons (Fsp3) is 0.476. The number of fused-ring (bicyclic) bond motifs is 4. The van der Waals surface area contributed by atoms with Gasteiger partial charge in [-0.15, -0.1) is 0 Å². The Kier molecular flexibility index (Phi) is 12.9. The number of aliphatic hydroxyl groups excluding tert-OH is 1. The molecular formula is C42H54N4O6. The fourth-order valence-corrected chi connectivity index (χ4v) is 8.17. The summed E-state index contributed by atoms with van der Waals surface area (Å²) in [6.07, 6.45) is 8.15. The number of aromatic hydroxyl groups is 1. The molecule has 0 saturated carbocycles. The average molecular weight is 711 g/mol. The number of carbonyl (C=O) groups is 1. The number of aryl methyl sites for hydroxylation is 1. The number of hydrogen-bond acceptors (Lipinski definition) is 7. The Balaban J connectivity index is 0.917. The predicted octanol–water partition coefficient (Wildman–Crippen LogP) is 7.14. The van der Waals surface area contributed by atoms with E-state index in [-0.39, 0.29) is 17.4 Å². The quantitative estimate of drug-likeness (QED) is 0.0688. The van der Waals surface area contributed by atoms with Gasteiger partial charge in [-0.1, -0.05) is 74.6 Å². The summed E-state index contributed by atoms with van der Waals surface area (Å²) in [5.41, 5.74) is 3.77. The highest BCUT2D eigenvalue weighted by Crippen LogP contribution is 2.40. The summed E-state index contributed by atoms with van der Waals surface area (Å²) in [6.45, 7) is 6.81. The molecule has 4 aromatic rings. The van der Waals surface area contributed by atoms with Gasteiger partial charge in [0, 0.05) is 24.5 Å². The van der Waals surface area contributed by atoms with Crippen molar-refractivity contribution in [1.82, 2.24) is 20.1 Å². The lowest BCUT2D eigenvalue weighted by Crippen LogP contribution is -2.59. The average Bonchev–Trinajstić information content (AvgIpc) is 3.15. The summed E-state index contributed by atoms with van der Waals surface area (Å²) < 4.78 is 6.23. The Morgan fingerprint density at radius 1 is 0.942 bits per heavy atom. The van der Waals surface area contributed by atoms with E-state index in [1.807, 2.05) is 36.4 Å². The van der Waals surface area contributed by atoms with Crippen LogP contribution in [0.5, 0.6) is 11.5 Å². The smallest absolute Gasteiger partial charge is 0.408 e. The van der Waals surface area contributed by atoms with Crippen LogP contribution in [0.2, 0.25) is 0 Å². The number of carboxylic acid groups (broad SMARTS) is 1. The van der Waals surface area contributed by atoms with Gasteiger partial charge in [0.05, 0.1) is 30.3 Å². The van der Waals surface area contributed by atoms with E-state index >= 15 is 0 Å². The van der Waals surface area contributed by atoms with Crippen molar-refractivity contribution in [3.63, 3.8) is 0 Å². The number of nitrogens with one attached hydrogen (secondary N) is 2. The molecule has 0 radical (unpaired) electrons. The van der Waals surface area contributed by atoms with E-state index in [0.29, 0.717) is 35.5 Å². The number of benzene rings is 3. The number of H-pyrrole nitrogens is 1. The first kappa shape index (κ1) is 37.4. The van der Waals surface area contributed by atoms with Crippen LogP contribution in [0.3, 0.4) is 0 Å². The highest BCUT2D eigenvalue weighted by Gasteiger charge is 2.43. The Morgan fingerprint density at radius 2 is 1.69 bits per heavy atom. The van der Waals surface area contributed by atoms with E-state index in [9.17, 15) is 24.9 Å². The maximum atomic E-state index is 13.0. The summed E-state index contributed by atoms with van der Waals surface area (Å²) in [6, 6.07) is 22.0.